The van der Waals surface area contributed by atoms with Crippen molar-refractivity contribution in [1.82, 2.24) is 10.3 Å². The number of hydrogen-bond donors (Lipinski definition) is 2. The van der Waals surface area contributed by atoms with E-state index in [2.05, 4.69) is 29.5 Å². The van der Waals surface area contributed by atoms with Crippen molar-refractivity contribution in [1.29, 1.82) is 0 Å². The average Bonchev–Trinajstić information content (AvgIpc) is 2.66. The Bertz CT molecular complexity index is 803. The molecule has 0 aliphatic rings. The van der Waals surface area contributed by atoms with Crippen molar-refractivity contribution in [3.05, 3.63) is 58.9 Å². The van der Waals surface area contributed by atoms with Crippen molar-refractivity contribution in [3.8, 4) is 0 Å². The molecule has 0 bridgehead atoms. The Morgan fingerprint density at radius 3 is 2.67 bits per heavy atom. The fraction of sp³-hybridized carbons (Fsp3) is 0.381. The monoisotopic (exact) mass is 369 g/mol. The number of amides is 2. The van der Waals surface area contributed by atoms with Crippen LogP contribution in [0.15, 0.2) is 36.5 Å². The van der Waals surface area contributed by atoms with Gasteiger partial charge in [0.05, 0.1) is 0 Å². The van der Waals surface area contributed by atoms with E-state index in [1.807, 2.05) is 25.1 Å². The minimum atomic E-state index is -0.333. The second kappa shape index (κ2) is 9.83. The predicted molar refractivity (Wildman–Crippen MR) is 106 cm³/mol. The lowest BCUT2D eigenvalue weighted by Crippen LogP contribution is -2.26. The van der Waals surface area contributed by atoms with Crippen LogP contribution in [-0.4, -0.2) is 37.1 Å². The lowest BCUT2D eigenvalue weighted by Gasteiger charge is -2.16. The van der Waals surface area contributed by atoms with Crippen LogP contribution < -0.4 is 10.6 Å². The number of hydrogen-bond acceptors (Lipinski definition) is 4. The zero-order chi connectivity index (χ0) is 19.8. The normalized spacial score (nSPS) is 10.7. The third-order valence-electron chi connectivity index (χ3n) is 4.23. The zero-order valence-corrected chi connectivity index (χ0v) is 16.3. The van der Waals surface area contributed by atoms with Crippen LogP contribution in [0.3, 0.4) is 0 Å². The molecule has 0 aliphatic heterocycles. The lowest BCUT2D eigenvalue weighted by molar-refractivity contribution is 0.0948. The third kappa shape index (κ3) is 5.62. The number of nitrogens with one attached hydrogen (secondary N) is 2. The van der Waals surface area contributed by atoms with Gasteiger partial charge < -0.3 is 15.4 Å². The van der Waals surface area contributed by atoms with E-state index < -0.39 is 0 Å². The summed E-state index contributed by atoms with van der Waals surface area (Å²) in [5, 5.41) is 5.76. The number of pyridine rings is 1. The minimum Gasteiger partial charge on any atom is -0.385 e. The molecule has 6 heteroatoms. The fourth-order valence-corrected chi connectivity index (χ4v) is 2.74. The Kier molecular flexibility index (Phi) is 7.49. The van der Waals surface area contributed by atoms with Crippen molar-refractivity contribution in [2.75, 3.05) is 25.6 Å². The molecule has 0 saturated heterocycles. The maximum Gasteiger partial charge on any atom is 0.274 e. The number of carbonyl (C=O) groups excluding carboxylic acids is 2. The van der Waals surface area contributed by atoms with E-state index in [1.165, 1.54) is 12.3 Å². The van der Waals surface area contributed by atoms with Gasteiger partial charge in [0.15, 0.2) is 0 Å². The molecular weight excluding hydrogens is 342 g/mol. The highest BCUT2D eigenvalue weighted by atomic mass is 16.5. The molecule has 0 fully saturated rings. The van der Waals surface area contributed by atoms with Gasteiger partial charge >= 0.3 is 0 Å². The van der Waals surface area contributed by atoms with E-state index in [0.29, 0.717) is 18.7 Å². The van der Waals surface area contributed by atoms with Crippen LogP contribution in [0.1, 0.15) is 58.2 Å². The summed E-state index contributed by atoms with van der Waals surface area (Å²) in [5.41, 5.74) is 3.46. The first-order valence-electron chi connectivity index (χ1n) is 9.08. The Hall–Kier alpha value is -2.73. The Balaban J connectivity index is 2.13. The van der Waals surface area contributed by atoms with Crippen molar-refractivity contribution >= 4 is 17.5 Å². The first-order chi connectivity index (χ1) is 12.9. The molecule has 6 nitrogen and oxygen atoms in total. The summed E-state index contributed by atoms with van der Waals surface area (Å²) in [7, 11) is 1.62. The number of para-hydroxylation sites is 1. The molecule has 0 unspecified atom stereocenters. The summed E-state index contributed by atoms with van der Waals surface area (Å²) in [6, 6.07) is 9.04. The molecule has 0 aliphatic carbocycles. The van der Waals surface area contributed by atoms with E-state index in [-0.39, 0.29) is 23.4 Å². The van der Waals surface area contributed by atoms with Gasteiger partial charge in [-0.25, -0.2) is 0 Å². The second-order valence-corrected chi connectivity index (χ2v) is 6.68. The first kappa shape index (κ1) is 20.6. The maximum atomic E-state index is 12.7. The topological polar surface area (TPSA) is 80.3 Å². The SMILES string of the molecule is COCCCNC(=O)c1ccnc(C(=O)Nc2c(C)cccc2C(C)C)c1. The van der Waals surface area contributed by atoms with E-state index in [0.717, 1.165) is 23.2 Å². The molecule has 1 heterocycles. The van der Waals surface area contributed by atoms with Gasteiger partial charge in [-0.05, 0) is 42.5 Å². The van der Waals surface area contributed by atoms with Gasteiger partial charge in [0.25, 0.3) is 11.8 Å². The van der Waals surface area contributed by atoms with E-state index >= 15 is 0 Å². The molecule has 2 amide bonds. The quantitative estimate of drug-likeness (QED) is 0.698. The van der Waals surface area contributed by atoms with Crippen LogP contribution in [0.2, 0.25) is 0 Å². The van der Waals surface area contributed by atoms with Gasteiger partial charge in [0, 0.05) is 37.7 Å². The van der Waals surface area contributed by atoms with Gasteiger partial charge in [0.2, 0.25) is 0 Å². The predicted octanol–water partition coefficient (Wildman–Crippen LogP) is 3.53. The van der Waals surface area contributed by atoms with Crippen molar-refractivity contribution in [2.24, 2.45) is 0 Å². The Morgan fingerprint density at radius 1 is 1.19 bits per heavy atom. The number of aromatic nitrogens is 1. The van der Waals surface area contributed by atoms with Crippen LogP contribution in [0.25, 0.3) is 0 Å². The molecular formula is C21H27N3O3. The number of rotatable bonds is 8. The number of anilines is 1. The highest BCUT2D eigenvalue weighted by Gasteiger charge is 2.16. The van der Waals surface area contributed by atoms with Crippen LogP contribution in [0, 0.1) is 6.92 Å². The highest BCUT2D eigenvalue weighted by molar-refractivity contribution is 6.05. The number of carbonyl (C=O) groups is 2. The molecule has 1 aromatic heterocycles. The fourth-order valence-electron chi connectivity index (χ4n) is 2.74. The highest BCUT2D eigenvalue weighted by Crippen LogP contribution is 2.27. The number of benzene rings is 1. The zero-order valence-electron chi connectivity index (χ0n) is 16.3. The lowest BCUT2D eigenvalue weighted by atomic mass is 9.98. The number of ether oxygens (including phenoxy) is 1. The molecule has 1 aromatic carbocycles. The maximum absolute atomic E-state index is 12.7. The summed E-state index contributed by atoms with van der Waals surface area (Å²) in [6.07, 6.45) is 2.20. The van der Waals surface area contributed by atoms with Crippen molar-refractivity contribution in [2.45, 2.75) is 33.1 Å². The smallest absolute Gasteiger partial charge is 0.274 e. The molecule has 2 aromatic rings. The van der Waals surface area contributed by atoms with Crippen LogP contribution in [0.5, 0.6) is 0 Å². The Labute approximate surface area is 160 Å². The average molecular weight is 369 g/mol. The summed E-state index contributed by atoms with van der Waals surface area (Å²) in [5.74, 6) is -0.293. The van der Waals surface area contributed by atoms with E-state index in [1.54, 1.807) is 13.2 Å². The minimum absolute atomic E-state index is 0.206. The summed E-state index contributed by atoms with van der Waals surface area (Å²) in [4.78, 5) is 29.0. The van der Waals surface area contributed by atoms with E-state index in [9.17, 15) is 9.59 Å². The summed E-state index contributed by atoms with van der Waals surface area (Å²) in [6.45, 7) is 7.21. The largest absolute Gasteiger partial charge is 0.385 e. The van der Waals surface area contributed by atoms with Gasteiger partial charge in [-0.15, -0.1) is 0 Å². The standard InChI is InChI=1S/C21H27N3O3/c1-14(2)17-8-5-7-15(3)19(17)24-21(26)18-13-16(9-11-22-18)20(25)23-10-6-12-27-4/h5,7-9,11,13-14H,6,10,12H2,1-4H3,(H,23,25)(H,24,26). The van der Waals surface area contributed by atoms with Gasteiger partial charge in [-0.3, -0.25) is 14.6 Å². The second-order valence-electron chi connectivity index (χ2n) is 6.68. The van der Waals surface area contributed by atoms with E-state index in [4.69, 9.17) is 4.74 Å². The van der Waals surface area contributed by atoms with Crippen LogP contribution >= 0.6 is 0 Å². The molecule has 0 atom stereocenters. The van der Waals surface area contributed by atoms with Crippen LogP contribution in [0.4, 0.5) is 5.69 Å². The third-order valence-corrected chi connectivity index (χ3v) is 4.23. The summed E-state index contributed by atoms with van der Waals surface area (Å²) < 4.78 is 4.96. The van der Waals surface area contributed by atoms with Crippen LogP contribution in [-0.2, 0) is 4.74 Å². The van der Waals surface area contributed by atoms with Gasteiger partial charge in [-0.2, -0.15) is 0 Å². The van der Waals surface area contributed by atoms with Crippen molar-refractivity contribution < 1.29 is 14.3 Å². The molecule has 0 spiro atoms. The van der Waals surface area contributed by atoms with Crippen molar-refractivity contribution in [3.63, 3.8) is 0 Å². The van der Waals surface area contributed by atoms with Gasteiger partial charge in [-0.1, -0.05) is 32.0 Å². The summed E-state index contributed by atoms with van der Waals surface area (Å²) >= 11 is 0. The number of aryl methyl sites for hydroxylation is 1. The molecule has 2 rings (SSSR count). The number of methoxy groups -OCH3 is 1. The molecule has 0 saturated carbocycles. The molecule has 0 radical (unpaired) electrons. The first-order valence-corrected chi connectivity index (χ1v) is 9.08. The molecule has 27 heavy (non-hydrogen) atoms. The molecule has 144 valence electrons. The number of nitrogens with zero attached hydrogens (tertiary/aromatic N) is 1. The van der Waals surface area contributed by atoms with Gasteiger partial charge in [0.1, 0.15) is 5.69 Å². The molecule has 2 N–H and O–H groups in total. The Morgan fingerprint density at radius 2 is 1.96 bits per heavy atom.